The van der Waals surface area contributed by atoms with E-state index in [4.69, 9.17) is 4.74 Å². The Morgan fingerprint density at radius 2 is 2.37 bits per heavy atom. The first-order chi connectivity index (χ1) is 9.00. The molecule has 1 N–H and O–H groups in total. The predicted molar refractivity (Wildman–Crippen MR) is 74.4 cm³/mol. The lowest BCUT2D eigenvalue weighted by Crippen LogP contribution is -2.45. The number of pyridine rings is 1. The molecule has 1 saturated heterocycles. The summed E-state index contributed by atoms with van der Waals surface area (Å²) in [4.78, 5) is 4.06. The highest BCUT2D eigenvalue weighted by molar-refractivity contribution is 9.10. The molecule has 1 aromatic heterocycles. The number of likely N-dealkylation sites (N-methyl/N-ethyl adjacent to an activating group) is 1. The number of hydrogen-bond acceptors (Lipinski definition) is 5. The molecular formula is C11H16BrN3O3S. The summed E-state index contributed by atoms with van der Waals surface area (Å²) >= 11 is 3.22. The predicted octanol–water partition coefficient (Wildman–Crippen LogP) is 0.453. The highest BCUT2D eigenvalue weighted by Crippen LogP contribution is 2.18. The van der Waals surface area contributed by atoms with Crippen LogP contribution in [-0.2, 0) is 14.8 Å². The molecular weight excluding hydrogens is 334 g/mol. The van der Waals surface area contributed by atoms with Crippen molar-refractivity contribution in [2.75, 3.05) is 33.3 Å². The fourth-order valence-electron chi connectivity index (χ4n) is 1.84. The average molecular weight is 350 g/mol. The van der Waals surface area contributed by atoms with Crippen LogP contribution in [0, 0.1) is 0 Å². The number of halogens is 1. The van der Waals surface area contributed by atoms with Crippen LogP contribution < -0.4 is 5.32 Å². The molecule has 1 unspecified atom stereocenters. The van der Waals surface area contributed by atoms with Crippen molar-refractivity contribution in [2.24, 2.45) is 0 Å². The minimum absolute atomic E-state index is 0.117. The van der Waals surface area contributed by atoms with Gasteiger partial charge in [-0.3, -0.25) is 4.98 Å². The summed E-state index contributed by atoms with van der Waals surface area (Å²) < 4.78 is 32.1. The Morgan fingerprint density at radius 1 is 1.58 bits per heavy atom. The van der Waals surface area contributed by atoms with Gasteiger partial charge in [-0.25, -0.2) is 8.42 Å². The summed E-state index contributed by atoms with van der Waals surface area (Å²) in [5.74, 6) is 0. The van der Waals surface area contributed by atoms with Crippen LogP contribution in [0.15, 0.2) is 27.8 Å². The molecule has 0 bridgehead atoms. The average Bonchev–Trinajstić information content (AvgIpc) is 2.40. The second-order valence-electron chi connectivity index (χ2n) is 4.32. The van der Waals surface area contributed by atoms with Crippen LogP contribution in [0.2, 0.25) is 0 Å². The maximum Gasteiger partial charge on any atom is 0.244 e. The van der Waals surface area contributed by atoms with Gasteiger partial charge < -0.3 is 10.1 Å². The topological polar surface area (TPSA) is 71.5 Å². The Bertz CT molecular complexity index is 532. The molecule has 1 aromatic rings. The summed E-state index contributed by atoms with van der Waals surface area (Å²) in [6.45, 7) is 2.40. The smallest absolute Gasteiger partial charge is 0.244 e. The Kier molecular flexibility index (Phi) is 4.91. The highest BCUT2D eigenvalue weighted by atomic mass is 79.9. The van der Waals surface area contributed by atoms with Crippen LogP contribution in [-0.4, -0.2) is 57.1 Å². The van der Waals surface area contributed by atoms with Crippen molar-refractivity contribution < 1.29 is 13.2 Å². The van der Waals surface area contributed by atoms with Gasteiger partial charge in [0.2, 0.25) is 10.0 Å². The number of sulfonamides is 1. The summed E-state index contributed by atoms with van der Waals surface area (Å²) in [5, 5.41) is 3.17. The van der Waals surface area contributed by atoms with E-state index in [1.165, 1.54) is 10.5 Å². The monoisotopic (exact) mass is 349 g/mol. The number of nitrogens with zero attached hydrogens (tertiary/aromatic N) is 2. The number of morpholine rings is 1. The zero-order chi connectivity index (χ0) is 13.9. The summed E-state index contributed by atoms with van der Waals surface area (Å²) in [6.07, 6.45) is 2.78. The summed E-state index contributed by atoms with van der Waals surface area (Å²) in [6, 6.07) is 1.54. The molecule has 2 rings (SSSR count). The molecule has 1 atom stereocenters. The van der Waals surface area contributed by atoms with E-state index in [1.54, 1.807) is 19.3 Å². The van der Waals surface area contributed by atoms with Crippen LogP contribution in [0.3, 0.4) is 0 Å². The number of hydrogen-bond donors (Lipinski definition) is 1. The van der Waals surface area contributed by atoms with E-state index >= 15 is 0 Å². The van der Waals surface area contributed by atoms with Crippen molar-refractivity contribution in [3.05, 3.63) is 22.9 Å². The first-order valence-corrected chi connectivity index (χ1v) is 8.12. The maximum atomic E-state index is 12.3. The van der Waals surface area contributed by atoms with Gasteiger partial charge in [-0.1, -0.05) is 0 Å². The minimum Gasteiger partial charge on any atom is -0.374 e. The molecule has 1 fully saturated rings. The third-order valence-electron chi connectivity index (χ3n) is 2.85. The Morgan fingerprint density at radius 3 is 3.00 bits per heavy atom. The van der Waals surface area contributed by atoms with E-state index < -0.39 is 10.0 Å². The van der Waals surface area contributed by atoms with E-state index in [1.807, 2.05) is 0 Å². The molecule has 106 valence electrons. The van der Waals surface area contributed by atoms with Gasteiger partial charge in [-0.15, -0.1) is 0 Å². The molecule has 6 nitrogen and oxygen atoms in total. The second-order valence-corrected chi connectivity index (χ2v) is 7.28. The molecule has 0 aromatic carbocycles. The van der Waals surface area contributed by atoms with E-state index in [0.717, 1.165) is 6.54 Å². The van der Waals surface area contributed by atoms with Gasteiger partial charge in [-0.05, 0) is 22.0 Å². The molecule has 1 aliphatic rings. The zero-order valence-electron chi connectivity index (χ0n) is 10.5. The lowest BCUT2D eigenvalue weighted by molar-refractivity contribution is 0.0206. The fourth-order valence-corrected chi connectivity index (χ4v) is 3.54. The van der Waals surface area contributed by atoms with Gasteiger partial charge in [0.1, 0.15) is 4.90 Å². The lowest BCUT2D eigenvalue weighted by Gasteiger charge is -2.27. The molecule has 1 aliphatic heterocycles. The first-order valence-electron chi connectivity index (χ1n) is 5.89. The Hall–Kier alpha value is -0.540. The van der Waals surface area contributed by atoms with Crippen molar-refractivity contribution in [3.8, 4) is 0 Å². The molecule has 2 heterocycles. The van der Waals surface area contributed by atoms with E-state index in [0.29, 0.717) is 24.2 Å². The molecule has 0 radical (unpaired) electrons. The van der Waals surface area contributed by atoms with Crippen molar-refractivity contribution >= 4 is 26.0 Å². The van der Waals surface area contributed by atoms with Crippen LogP contribution in [0.25, 0.3) is 0 Å². The largest absolute Gasteiger partial charge is 0.374 e. The third-order valence-corrected chi connectivity index (χ3v) is 5.08. The molecule has 19 heavy (non-hydrogen) atoms. The van der Waals surface area contributed by atoms with Crippen LogP contribution in [0.4, 0.5) is 0 Å². The van der Waals surface area contributed by atoms with Crippen LogP contribution in [0.5, 0.6) is 0 Å². The summed E-state index contributed by atoms with van der Waals surface area (Å²) in [5.41, 5.74) is 0. The zero-order valence-corrected chi connectivity index (χ0v) is 12.9. The Labute approximate surface area is 121 Å². The first kappa shape index (κ1) is 14.9. The van der Waals surface area contributed by atoms with Gasteiger partial charge in [0.05, 0.1) is 12.7 Å². The number of ether oxygens (including phenoxy) is 1. The molecule has 8 heteroatoms. The molecule has 0 amide bonds. The van der Waals surface area contributed by atoms with Gasteiger partial charge in [-0.2, -0.15) is 4.31 Å². The number of rotatable bonds is 4. The summed E-state index contributed by atoms with van der Waals surface area (Å²) in [7, 11) is -1.98. The van der Waals surface area contributed by atoms with E-state index in [-0.39, 0.29) is 11.0 Å². The Balaban J connectivity index is 2.10. The number of nitrogens with one attached hydrogen (secondary N) is 1. The van der Waals surface area contributed by atoms with Gasteiger partial charge in [0.15, 0.2) is 0 Å². The van der Waals surface area contributed by atoms with E-state index in [2.05, 4.69) is 26.2 Å². The third kappa shape index (κ3) is 3.73. The molecule has 0 spiro atoms. The maximum absolute atomic E-state index is 12.3. The van der Waals surface area contributed by atoms with E-state index in [9.17, 15) is 8.42 Å². The SMILES string of the molecule is CN(CC1CNCCO1)S(=O)(=O)c1cncc(Br)c1. The lowest BCUT2D eigenvalue weighted by atomic mass is 10.3. The van der Waals surface area contributed by atoms with Crippen LogP contribution in [0.1, 0.15) is 0 Å². The van der Waals surface area contributed by atoms with Crippen LogP contribution >= 0.6 is 15.9 Å². The second kappa shape index (κ2) is 6.27. The van der Waals surface area contributed by atoms with Gasteiger partial charge in [0.25, 0.3) is 0 Å². The minimum atomic E-state index is -3.53. The fraction of sp³-hybridized carbons (Fsp3) is 0.545. The van der Waals surface area contributed by atoms with Crippen molar-refractivity contribution in [2.45, 2.75) is 11.0 Å². The number of aromatic nitrogens is 1. The molecule has 0 saturated carbocycles. The van der Waals surface area contributed by atoms with Gasteiger partial charge >= 0.3 is 0 Å². The highest BCUT2D eigenvalue weighted by Gasteiger charge is 2.25. The van der Waals surface area contributed by atoms with Crippen molar-refractivity contribution in [1.29, 1.82) is 0 Å². The van der Waals surface area contributed by atoms with Gasteiger partial charge in [0, 0.05) is 43.5 Å². The quantitative estimate of drug-likeness (QED) is 0.854. The normalized spacial score (nSPS) is 20.7. The van der Waals surface area contributed by atoms with Crippen molar-refractivity contribution in [1.82, 2.24) is 14.6 Å². The molecule has 0 aliphatic carbocycles. The van der Waals surface area contributed by atoms with Crippen molar-refractivity contribution in [3.63, 3.8) is 0 Å². The standard InChI is InChI=1S/C11H16BrN3O3S/c1-15(8-10-6-13-2-3-18-10)19(16,17)11-4-9(12)5-14-7-11/h4-5,7,10,13H,2-3,6,8H2,1H3.